The van der Waals surface area contributed by atoms with Crippen molar-refractivity contribution in [2.45, 2.75) is 19.8 Å². The summed E-state index contributed by atoms with van der Waals surface area (Å²) in [5.41, 5.74) is 2.33. The number of amides is 1. The molecular weight excluding hydrogens is 281 g/mol. The van der Waals surface area contributed by atoms with Gasteiger partial charge in [0, 0.05) is 30.7 Å². The van der Waals surface area contributed by atoms with Crippen molar-refractivity contribution in [2.24, 2.45) is 0 Å². The Balaban J connectivity index is 1.76. The lowest BCUT2D eigenvalue weighted by Gasteiger charge is -2.17. The number of pyridine rings is 1. The van der Waals surface area contributed by atoms with E-state index in [0.717, 1.165) is 18.8 Å². The van der Waals surface area contributed by atoms with Crippen LogP contribution in [0.1, 0.15) is 28.9 Å². The summed E-state index contributed by atoms with van der Waals surface area (Å²) in [6.07, 6.45) is 3.98. The van der Waals surface area contributed by atoms with Gasteiger partial charge in [-0.15, -0.1) is 0 Å². The number of nitrogens with one attached hydrogen (secondary N) is 1. The second-order valence-electron chi connectivity index (χ2n) is 5.51. The van der Waals surface area contributed by atoms with E-state index in [2.05, 4.69) is 15.2 Å². The summed E-state index contributed by atoms with van der Waals surface area (Å²) in [4.78, 5) is 18.6. The van der Waals surface area contributed by atoms with Gasteiger partial charge < -0.3 is 10.2 Å². The van der Waals surface area contributed by atoms with Crippen LogP contribution in [-0.2, 0) is 0 Å². The quantitative estimate of drug-likeness (QED) is 0.945. The molecule has 1 aromatic heterocycles. The summed E-state index contributed by atoms with van der Waals surface area (Å²) >= 11 is 0. The number of benzene rings is 1. The molecule has 1 aliphatic rings. The molecule has 0 unspecified atom stereocenters. The number of hydrogen-bond acceptors (Lipinski definition) is 3. The number of aryl methyl sites for hydroxylation is 1. The van der Waals surface area contributed by atoms with Crippen LogP contribution < -0.4 is 10.2 Å². The third-order valence-corrected chi connectivity index (χ3v) is 3.88. The van der Waals surface area contributed by atoms with Crippen molar-refractivity contribution in [1.29, 1.82) is 0 Å². The fourth-order valence-electron chi connectivity index (χ4n) is 2.58. The van der Waals surface area contributed by atoms with E-state index in [4.69, 9.17) is 0 Å². The topological polar surface area (TPSA) is 45.2 Å². The van der Waals surface area contributed by atoms with Crippen molar-refractivity contribution in [3.63, 3.8) is 0 Å². The minimum Gasteiger partial charge on any atom is -0.371 e. The van der Waals surface area contributed by atoms with Crippen LogP contribution in [0, 0.1) is 12.7 Å². The first-order valence-electron chi connectivity index (χ1n) is 7.42. The fourth-order valence-corrected chi connectivity index (χ4v) is 2.58. The van der Waals surface area contributed by atoms with Gasteiger partial charge >= 0.3 is 0 Å². The first-order chi connectivity index (χ1) is 10.6. The third kappa shape index (κ3) is 3.08. The maximum absolute atomic E-state index is 13.5. The van der Waals surface area contributed by atoms with Gasteiger partial charge in [-0.05, 0) is 49.6 Å². The Morgan fingerprint density at radius 1 is 1.23 bits per heavy atom. The molecule has 1 amide bonds. The lowest BCUT2D eigenvalue weighted by molar-refractivity contribution is 0.102. The predicted molar refractivity (Wildman–Crippen MR) is 84.8 cm³/mol. The summed E-state index contributed by atoms with van der Waals surface area (Å²) in [7, 11) is 0. The Kier molecular flexibility index (Phi) is 4.04. The van der Waals surface area contributed by atoms with Gasteiger partial charge in [-0.25, -0.2) is 4.39 Å². The molecule has 1 fully saturated rings. The summed E-state index contributed by atoms with van der Waals surface area (Å²) < 4.78 is 13.5. The molecule has 5 heteroatoms. The highest BCUT2D eigenvalue weighted by Gasteiger charge is 2.15. The van der Waals surface area contributed by atoms with Crippen molar-refractivity contribution >= 4 is 17.3 Å². The third-order valence-electron chi connectivity index (χ3n) is 3.88. The molecule has 0 radical (unpaired) electrons. The Hall–Kier alpha value is -2.43. The minimum absolute atomic E-state index is 0.329. The van der Waals surface area contributed by atoms with E-state index in [0.29, 0.717) is 16.9 Å². The zero-order valence-electron chi connectivity index (χ0n) is 12.5. The Labute approximate surface area is 129 Å². The number of rotatable bonds is 3. The monoisotopic (exact) mass is 299 g/mol. The van der Waals surface area contributed by atoms with Crippen LogP contribution in [0.3, 0.4) is 0 Å². The van der Waals surface area contributed by atoms with Crippen LogP contribution in [-0.4, -0.2) is 24.0 Å². The molecule has 1 saturated heterocycles. The van der Waals surface area contributed by atoms with Crippen LogP contribution >= 0.6 is 0 Å². The maximum Gasteiger partial charge on any atom is 0.274 e. The minimum atomic E-state index is -0.337. The molecule has 0 spiro atoms. The molecule has 4 nitrogen and oxygen atoms in total. The zero-order valence-corrected chi connectivity index (χ0v) is 12.5. The van der Waals surface area contributed by atoms with Gasteiger partial charge in [0.05, 0.1) is 0 Å². The fraction of sp³-hybridized carbons (Fsp3) is 0.294. The van der Waals surface area contributed by atoms with E-state index in [-0.39, 0.29) is 11.7 Å². The lowest BCUT2D eigenvalue weighted by Crippen LogP contribution is -2.19. The summed E-state index contributed by atoms with van der Waals surface area (Å²) in [5.74, 6) is -0.666. The van der Waals surface area contributed by atoms with E-state index in [9.17, 15) is 9.18 Å². The van der Waals surface area contributed by atoms with Crippen molar-refractivity contribution in [2.75, 3.05) is 23.3 Å². The second kappa shape index (κ2) is 6.13. The van der Waals surface area contributed by atoms with Crippen molar-refractivity contribution < 1.29 is 9.18 Å². The molecule has 0 aliphatic carbocycles. The highest BCUT2D eigenvalue weighted by atomic mass is 19.1. The number of anilines is 2. The SMILES string of the molecule is Cc1ccc(NC(=O)c2cc(N3CCCC3)ccn2)cc1F. The largest absolute Gasteiger partial charge is 0.371 e. The molecule has 1 aromatic carbocycles. The molecule has 0 saturated carbocycles. The van der Waals surface area contributed by atoms with Crippen LogP contribution in [0.2, 0.25) is 0 Å². The van der Waals surface area contributed by atoms with E-state index >= 15 is 0 Å². The van der Waals surface area contributed by atoms with Gasteiger partial charge in [-0.3, -0.25) is 9.78 Å². The number of carbonyl (C=O) groups is 1. The molecule has 0 atom stereocenters. The normalized spacial score (nSPS) is 14.2. The van der Waals surface area contributed by atoms with Crippen molar-refractivity contribution in [1.82, 2.24) is 4.98 Å². The van der Waals surface area contributed by atoms with Gasteiger partial charge in [-0.2, -0.15) is 0 Å². The second-order valence-corrected chi connectivity index (χ2v) is 5.51. The number of carbonyl (C=O) groups excluding carboxylic acids is 1. The average Bonchev–Trinajstić information content (AvgIpc) is 3.05. The number of halogens is 1. The highest BCUT2D eigenvalue weighted by molar-refractivity contribution is 6.03. The molecule has 2 heterocycles. The standard InChI is InChI=1S/C17H18FN3O/c1-12-4-5-13(10-15(12)18)20-17(22)16-11-14(6-7-19-16)21-8-2-3-9-21/h4-7,10-11H,2-3,8-9H2,1H3,(H,20,22). The number of nitrogens with zero attached hydrogens (tertiary/aromatic N) is 2. The van der Waals surface area contributed by atoms with Crippen molar-refractivity contribution in [3.8, 4) is 0 Å². The summed E-state index contributed by atoms with van der Waals surface area (Å²) in [6, 6.07) is 8.33. The van der Waals surface area contributed by atoms with Crippen LogP contribution in [0.15, 0.2) is 36.5 Å². The Bertz CT molecular complexity index is 696. The molecular formula is C17H18FN3O. The van der Waals surface area contributed by atoms with Crippen LogP contribution in [0.4, 0.5) is 15.8 Å². The average molecular weight is 299 g/mol. The highest BCUT2D eigenvalue weighted by Crippen LogP contribution is 2.21. The smallest absolute Gasteiger partial charge is 0.274 e. The summed E-state index contributed by atoms with van der Waals surface area (Å²) in [5, 5.41) is 2.68. The lowest BCUT2D eigenvalue weighted by atomic mass is 10.2. The summed E-state index contributed by atoms with van der Waals surface area (Å²) in [6.45, 7) is 3.70. The van der Waals surface area contributed by atoms with E-state index in [1.807, 2.05) is 6.07 Å². The molecule has 114 valence electrons. The Morgan fingerprint density at radius 2 is 2.00 bits per heavy atom. The van der Waals surface area contributed by atoms with Gasteiger partial charge in [0.15, 0.2) is 0 Å². The zero-order chi connectivity index (χ0) is 15.5. The van der Waals surface area contributed by atoms with Gasteiger partial charge in [0.25, 0.3) is 5.91 Å². The molecule has 1 N–H and O–H groups in total. The van der Waals surface area contributed by atoms with E-state index < -0.39 is 0 Å². The number of aromatic nitrogens is 1. The molecule has 1 aliphatic heterocycles. The van der Waals surface area contributed by atoms with E-state index in [1.165, 1.54) is 18.9 Å². The predicted octanol–water partition coefficient (Wildman–Crippen LogP) is 3.38. The first kappa shape index (κ1) is 14.5. The number of hydrogen-bond donors (Lipinski definition) is 1. The first-order valence-corrected chi connectivity index (χ1v) is 7.42. The Morgan fingerprint density at radius 3 is 2.73 bits per heavy atom. The van der Waals surface area contributed by atoms with Crippen molar-refractivity contribution in [3.05, 3.63) is 53.6 Å². The molecule has 0 bridgehead atoms. The van der Waals surface area contributed by atoms with Gasteiger partial charge in [-0.1, -0.05) is 6.07 Å². The molecule has 2 aromatic rings. The van der Waals surface area contributed by atoms with Gasteiger partial charge in [0.2, 0.25) is 0 Å². The van der Waals surface area contributed by atoms with Crippen LogP contribution in [0.25, 0.3) is 0 Å². The molecule has 22 heavy (non-hydrogen) atoms. The van der Waals surface area contributed by atoms with Crippen LogP contribution in [0.5, 0.6) is 0 Å². The molecule has 3 rings (SSSR count). The van der Waals surface area contributed by atoms with Gasteiger partial charge in [0.1, 0.15) is 11.5 Å². The maximum atomic E-state index is 13.5. The van der Waals surface area contributed by atoms with E-state index in [1.54, 1.807) is 31.3 Å².